The minimum Gasteiger partial charge on any atom is -0.481 e. The number of amides is 19. The molecule has 2 aromatic rings. The number of nitrogens with zero attached hydrogens (tertiary/aromatic N) is 1. The van der Waals surface area contributed by atoms with Crippen LogP contribution in [-0.2, 0) is 114 Å². The molecule has 0 saturated carbocycles. The topological polar surface area (TPSA) is 969 Å². The molecule has 57 nitrogen and oxygen atoms in total. The number of aliphatic carboxylic acids is 2. The lowest BCUT2D eigenvalue weighted by Gasteiger charge is -2.28. The van der Waals surface area contributed by atoms with Crippen LogP contribution in [0.5, 0.6) is 0 Å². The quantitative estimate of drug-likeness (QED) is 0.0127. The number of carboxylic acids is 2. The number of carbonyl (C=O) groups excluding carboxylic acids is 19. The van der Waals surface area contributed by atoms with Crippen molar-refractivity contribution in [2.75, 3.05) is 51.9 Å². The minimum atomic E-state index is -2.36. The highest BCUT2D eigenvalue weighted by molar-refractivity contribution is 7.80. The number of H-pyrrole nitrogens is 1. The van der Waals surface area contributed by atoms with Gasteiger partial charge in [0.05, 0.1) is 70.8 Å². The number of benzene rings is 1. The Morgan fingerprint density at radius 3 is 1.14 bits per heavy atom. The fourth-order valence-electron chi connectivity index (χ4n) is 11.8. The molecule has 0 fully saturated rings. The van der Waals surface area contributed by atoms with Crippen molar-refractivity contribution < 1.29 is 142 Å². The number of aromatic amines is 1. The average Bonchev–Trinajstić information content (AvgIpc) is 1.13. The van der Waals surface area contributed by atoms with Gasteiger partial charge in [0.2, 0.25) is 112 Å². The number of hydrogen-bond acceptors (Lipinski definition) is 32. The number of aliphatic hydroxyl groups is 6. The van der Waals surface area contributed by atoms with Gasteiger partial charge in [0, 0.05) is 50.0 Å². The van der Waals surface area contributed by atoms with E-state index >= 15 is 0 Å². The van der Waals surface area contributed by atoms with Gasteiger partial charge in [-0.3, -0.25) is 107 Å². The van der Waals surface area contributed by atoms with E-state index in [0.717, 1.165) is 13.8 Å². The molecule has 0 radical (unpaired) electrons. The van der Waals surface area contributed by atoms with Gasteiger partial charge in [0.1, 0.15) is 96.7 Å². The lowest BCUT2D eigenvalue weighted by Crippen LogP contribution is -2.63. The summed E-state index contributed by atoms with van der Waals surface area (Å²) in [6.45, 7) is -1.06. The van der Waals surface area contributed by atoms with Crippen LogP contribution in [0, 0.1) is 16.7 Å². The van der Waals surface area contributed by atoms with Crippen LogP contribution >= 0.6 is 12.6 Å². The lowest BCUT2D eigenvalue weighted by atomic mass is 10.0. The highest BCUT2D eigenvalue weighted by Crippen LogP contribution is 2.13. The first-order chi connectivity index (χ1) is 62.5. The van der Waals surface area contributed by atoms with Crippen LogP contribution in [0.1, 0.15) is 103 Å². The summed E-state index contributed by atoms with van der Waals surface area (Å²) in [5, 5.41) is 136. The Hall–Kier alpha value is -14.1. The lowest BCUT2D eigenvalue weighted by molar-refractivity contribution is -0.142. The molecule has 0 unspecified atom stereocenters. The summed E-state index contributed by atoms with van der Waals surface area (Å²) in [4.78, 5) is 289. The number of carbonyl (C=O) groups is 21. The van der Waals surface area contributed by atoms with Crippen molar-refractivity contribution in [3.8, 4) is 0 Å². The van der Waals surface area contributed by atoms with Crippen molar-refractivity contribution >= 4 is 149 Å². The van der Waals surface area contributed by atoms with E-state index in [9.17, 15) is 142 Å². The molecule has 0 aliphatic heterocycles. The number of primary amides is 3. The summed E-state index contributed by atoms with van der Waals surface area (Å²) >= 11 is 3.84. The predicted octanol–water partition coefficient (Wildman–Crippen LogP) is -17.3. The zero-order chi connectivity index (χ0) is 101. The Balaban J connectivity index is 2.41. The molecule has 58 heteroatoms. The van der Waals surface area contributed by atoms with Gasteiger partial charge in [-0.15, -0.1) is 0 Å². The molecule has 0 aliphatic carbocycles. The molecule has 0 aliphatic rings. The van der Waals surface area contributed by atoms with E-state index in [1.54, 1.807) is 32.0 Å². The largest absolute Gasteiger partial charge is 0.481 e. The second-order valence-electron chi connectivity index (χ2n) is 30.4. The molecule has 1 aromatic carbocycles. The molecule has 0 saturated heterocycles. The maximum Gasteiger partial charge on any atom is 0.327 e. The summed E-state index contributed by atoms with van der Waals surface area (Å²) in [5.74, 6) is -29.6. The maximum atomic E-state index is 14.2. The number of aliphatic hydroxyl groups excluding tert-OH is 6. The van der Waals surface area contributed by atoms with E-state index in [1.165, 1.54) is 24.7 Å². The first kappa shape index (κ1) is 115. The second kappa shape index (κ2) is 59.3. The van der Waals surface area contributed by atoms with Gasteiger partial charge in [-0.1, -0.05) is 44.2 Å². The third-order valence-electron chi connectivity index (χ3n) is 18.9. The monoisotopic (exact) mass is 1910 g/mol. The van der Waals surface area contributed by atoms with E-state index in [-0.39, 0.29) is 69.2 Å². The predicted molar refractivity (Wildman–Crippen MR) is 462 cm³/mol. The zero-order valence-electron chi connectivity index (χ0n) is 72.7. The normalized spacial score (nSPS) is 15.0. The van der Waals surface area contributed by atoms with Crippen molar-refractivity contribution in [2.24, 2.45) is 40.3 Å². The Morgan fingerprint density at radius 2 is 0.744 bits per heavy atom. The number of nitrogens with two attached hydrogens (primary N) is 6. The van der Waals surface area contributed by atoms with E-state index < -0.39 is 311 Å². The van der Waals surface area contributed by atoms with Gasteiger partial charge in [0.15, 0.2) is 11.9 Å². The standard InChI is InChI=1S/C75H120N28O29S/c1-32(2)18-40(92-63(121)42(20-36-24-84-31-87-36)91-58(116)37(76)12-8-16-85-74(80)81)62(120)99-49(28-107)69(127)95-43(21-53(78)111)64(122)89-38(13-9-17-86-75(82)83)59(117)98-50(29-108)71(129)103-56(34(4)109)72(130)96-45(23-55(113)114)66(124)101-47(26-105)67(125)90-39(14-15-52(77)110)60(118)94-44(22-54(79)112)65(123)100-48(27-106)68(126)93-41(19-35-10-6-5-7-11-35)61(119)88-33(3)57(115)97-46(25-104)70(128)102-51(30-133)73(131)132/h5-7,10-11,24,31-34,37-51,56,104-109,133H,8-9,12-23,25-30,76H2,1-4H3,(H2,77,110)(H2,78,111)(H2,79,112)(H,84,87)(H,88,119)(H,89,122)(H,90,125)(H,91,116)(H,92,121)(H,93,126)(H,94,118)(H,95,127)(H,96,130)(H,97,115)(H,98,117)(H,99,120)(H,100,123)(H,101,124)(H,102,128)(H,103,129)(H,113,114)(H,131,132)(H4,80,81,85)(H4,82,83,86)/t33-,34+,37-,38-,39-,40-,41-,42-,43-,44-,45-,46-,47-,48-,49-,50-,51-,56-/m0/s1. The van der Waals surface area contributed by atoms with Crippen molar-refractivity contribution in [1.29, 1.82) is 10.8 Å². The highest BCUT2D eigenvalue weighted by atomic mass is 32.1. The molecule has 2 rings (SSSR count). The smallest absolute Gasteiger partial charge is 0.327 e. The van der Waals surface area contributed by atoms with Gasteiger partial charge in [-0.2, -0.15) is 12.6 Å². The number of aromatic nitrogens is 2. The maximum absolute atomic E-state index is 14.2. The van der Waals surface area contributed by atoms with Gasteiger partial charge < -0.3 is 176 Å². The molecule has 18 atom stereocenters. The number of hydrogen-bond donors (Lipinski definition) is 36. The van der Waals surface area contributed by atoms with Crippen molar-refractivity contribution in [2.45, 2.75) is 214 Å². The number of imidazole rings is 1. The Bertz CT molecular complexity index is 4370. The van der Waals surface area contributed by atoms with Crippen molar-refractivity contribution in [3.05, 3.63) is 54.1 Å². The van der Waals surface area contributed by atoms with Crippen LogP contribution < -0.4 is 130 Å². The van der Waals surface area contributed by atoms with Gasteiger partial charge in [-0.05, 0) is 63.9 Å². The SMILES string of the molecule is CC(C)C[C@H](NC(=O)[C@H](Cc1cnc[nH]1)NC(=O)[C@@H](N)CCCNC(=N)N)C(=O)N[C@@H](CO)C(=O)N[C@@H](CC(N)=O)C(=O)N[C@@H](CCCNC(=N)N)C(=O)N[C@@H](CO)C(=O)N[C@H](C(=O)N[C@@H](CC(=O)O)C(=O)N[C@@H](CO)C(=O)N[C@@H](CCC(N)=O)C(=O)N[C@@H](CC(N)=O)C(=O)N[C@@H](CO)C(=O)N[C@@H](Cc1ccccc1)C(=O)N[C@@H](C)C(=O)N[C@@H](CO)C(=O)N[C@@H](CS)C(=O)O)[C@@H](C)O. The van der Waals surface area contributed by atoms with Crippen molar-refractivity contribution in [1.82, 2.24) is 106 Å². The Morgan fingerprint density at radius 1 is 0.398 bits per heavy atom. The van der Waals surface area contributed by atoms with Crippen LogP contribution in [0.3, 0.4) is 0 Å². The number of rotatable bonds is 63. The fraction of sp³-hybridized carbons (Fsp3) is 0.573. The molecule has 0 bridgehead atoms. The Labute approximate surface area is 763 Å². The molecule has 41 N–H and O–H groups in total. The summed E-state index contributed by atoms with van der Waals surface area (Å²) < 4.78 is 0. The first-order valence-electron chi connectivity index (χ1n) is 40.9. The number of carboxylic acid groups (broad SMARTS) is 2. The van der Waals surface area contributed by atoms with E-state index in [4.69, 9.17) is 45.2 Å². The van der Waals surface area contributed by atoms with Crippen LogP contribution in [0.15, 0.2) is 42.9 Å². The molecule has 740 valence electrons. The third-order valence-corrected chi connectivity index (χ3v) is 19.3. The average molecular weight is 1910 g/mol. The number of guanidine groups is 2. The van der Waals surface area contributed by atoms with Crippen LogP contribution in [-0.4, -0.2) is 348 Å². The molecule has 1 heterocycles. The van der Waals surface area contributed by atoms with Crippen LogP contribution in [0.2, 0.25) is 0 Å². The highest BCUT2D eigenvalue weighted by Gasteiger charge is 2.41. The number of thiol groups is 1. The second-order valence-corrected chi connectivity index (χ2v) is 30.7. The van der Waals surface area contributed by atoms with E-state index in [2.05, 4.69) is 91.7 Å². The van der Waals surface area contributed by atoms with Gasteiger partial charge in [-0.25, -0.2) is 9.78 Å². The van der Waals surface area contributed by atoms with E-state index in [0.29, 0.717) is 11.3 Å². The summed E-state index contributed by atoms with van der Waals surface area (Å²) in [6.07, 6.45) is -5.56. The number of nitrogens with one attached hydrogen (secondary N) is 21. The van der Waals surface area contributed by atoms with Crippen molar-refractivity contribution in [3.63, 3.8) is 0 Å². The molecular formula is C75H120N28O29S. The van der Waals surface area contributed by atoms with Crippen LogP contribution in [0.25, 0.3) is 0 Å². The van der Waals surface area contributed by atoms with Crippen LogP contribution in [0.4, 0.5) is 0 Å². The summed E-state index contributed by atoms with van der Waals surface area (Å²) in [6, 6.07) is -24.3. The molecule has 1 aromatic heterocycles. The third kappa shape index (κ3) is 43.0. The first-order valence-corrected chi connectivity index (χ1v) is 41.6. The summed E-state index contributed by atoms with van der Waals surface area (Å²) in [7, 11) is 0. The Kier molecular flexibility index (Phi) is 51.2. The summed E-state index contributed by atoms with van der Waals surface area (Å²) in [5.41, 5.74) is 33.7. The van der Waals surface area contributed by atoms with E-state index in [1.807, 2.05) is 26.6 Å². The van der Waals surface area contributed by atoms with Gasteiger partial charge >= 0.3 is 11.9 Å². The molecular weight excluding hydrogens is 1790 g/mol. The molecule has 133 heavy (non-hydrogen) atoms. The van der Waals surface area contributed by atoms with Gasteiger partial charge in [0.25, 0.3) is 0 Å². The fourth-order valence-corrected chi connectivity index (χ4v) is 12.1. The zero-order valence-corrected chi connectivity index (χ0v) is 73.6. The molecule has 0 spiro atoms. The minimum absolute atomic E-state index is 0.0809. The molecule has 19 amide bonds.